The van der Waals surface area contributed by atoms with Gasteiger partial charge in [0, 0.05) is 56.1 Å². The Balaban J connectivity index is 1.42. The number of anilines is 1. The van der Waals surface area contributed by atoms with Crippen molar-refractivity contribution in [3.8, 4) is 35.4 Å². The lowest BCUT2D eigenvalue weighted by molar-refractivity contribution is 0.112. The van der Waals surface area contributed by atoms with Gasteiger partial charge >= 0.3 is 12.0 Å². The number of fused-ring (bicyclic) bond motifs is 1. The molecule has 5 heterocycles. The molecule has 2 N–H and O–H groups in total. The number of pyridine rings is 1. The Morgan fingerprint density at radius 3 is 2.72 bits per heavy atom. The molecule has 2 fully saturated rings. The smallest absolute Gasteiger partial charge is 0.319 e. The zero-order chi connectivity index (χ0) is 32.3. The van der Waals surface area contributed by atoms with Crippen molar-refractivity contribution in [2.45, 2.75) is 50.8 Å². The summed E-state index contributed by atoms with van der Waals surface area (Å²) in [6.45, 7) is 4.53. The van der Waals surface area contributed by atoms with Crippen LogP contribution >= 0.6 is 0 Å². The summed E-state index contributed by atoms with van der Waals surface area (Å²) >= 11 is 0. The van der Waals surface area contributed by atoms with Gasteiger partial charge in [0.2, 0.25) is 0 Å². The molecule has 1 unspecified atom stereocenters. The maximum absolute atomic E-state index is 16.9. The number of ether oxygens (including phenoxy) is 1. The number of nitrogens with zero attached hydrogens (tertiary/aromatic N) is 6. The number of aromatic hydroxyl groups is 1. The number of phenolic OH excluding ortho intramolecular Hbond substituents is 1. The number of rotatable bonds is 5. The minimum absolute atomic E-state index is 0.0213. The van der Waals surface area contributed by atoms with Crippen molar-refractivity contribution in [3.63, 3.8) is 0 Å². The fourth-order valence-electron chi connectivity index (χ4n) is 7.38. The fourth-order valence-corrected chi connectivity index (χ4v) is 7.38. The van der Waals surface area contributed by atoms with Crippen molar-refractivity contribution in [1.82, 2.24) is 30.1 Å². The molecule has 3 aliphatic heterocycles. The zero-order valence-corrected chi connectivity index (χ0v) is 26.0. The number of carbonyl (C=O) groups excluding carboxylic acids is 1. The summed E-state index contributed by atoms with van der Waals surface area (Å²) in [6.07, 6.45) is 8.65. The summed E-state index contributed by atoms with van der Waals surface area (Å²) in [5.41, 5.74) is 0.625. The lowest BCUT2D eigenvalue weighted by Crippen LogP contribution is -2.44. The van der Waals surface area contributed by atoms with Crippen LogP contribution < -0.4 is 15.0 Å². The number of hydrogen-bond acceptors (Lipinski definition) is 8. The van der Waals surface area contributed by atoms with E-state index in [-0.39, 0.29) is 63.7 Å². The summed E-state index contributed by atoms with van der Waals surface area (Å²) < 4.78 is 38.2. The first kappa shape index (κ1) is 29.9. The van der Waals surface area contributed by atoms with Crippen LogP contribution in [0.3, 0.4) is 0 Å². The number of amides is 2. The van der Waals surface area contributed by atoms with E-state index in [4.69, 9.17) is 21.1 Å². The molecule has 2 aromatic heterocycles. The number of nitrogens with one attached hydrogen (secondary N) is 1. The van der Waals surface area contributed by atoms with E-state index in [1.807, 2.05) is 6.92 Å². The van der Waals surface area contributed by atoms with E-state index in [1.165, 1.54) is 24.3 Å². The van der Waals surface area contributed by atoms with Crippen molar-refractivity contribution < 1.29 is 23.4 Å². The highest BCUT2D eigenvalue weighted by Crippen LogP contribution is 2.42. The number of hydrogen-bond donors (Lipinski definition) is 2. The Morgan fingerprint density at radius 1 is 1.15 bits per heavy atom. The third-order valence-corrected chi connectivity index (χ3v) is 9.65. The number of likely N-dealkylation sites (tertiary alicyclic amines) is 2. The minimum atomic E-state index is -0.753. The fraction of sp³-hybridized carbons (Fsp3) is 0.412. The molecular weight excluding hydrogens is 592 g/mol. The molecule has 10 nitrogen and oxygen atoms in total. The number of halogens is 2. The van der Waals surface area contributed by atoms with Gasteiger partial charge in [0.1, 0.15) is 34.7 Å². The molecule has 12 heteroatoms. The predicted molar refractivity (Wildman–Crippen MR) is 171 cm³/mol. The summed E-state index contributed by atoms with van der Waals surface area (Å²) in [4.78, 5) is 32.8. The Morgan fingerprint density at radius 2 is 1.98 bits per heavy atom. The van der Waals surface area contributed by atoms with Crippen LogP contribution in [0.4, 0.5) is 19.4 Å². The highest BCUT2D eigenvalue weighted by Gasteiger charge is 2.37. The first-order valence-electron chi connectivity index (χ1n) is 15.6. The van der Waals surface area contributed by atoms with Crippen LogP contribution in [-0.4, -0.2) is 94.4 Å². The van der Waals surface area contributed by atoms with Crippen LogP contribution in [-0.2, 0) is 6.42 Å². The van der Waals surface area contributed by atoms with Crippen molar-refractivity contribution in [2.75, 3.05) is 45.2 Å². The second kappa shape index (κ2) is 11.6. The lowest BCUT2D eigenvalue weighted by Gasteiger charge is -2.35. The van der Waals surface area contributed by atoms with Gasteiger partial charge in [-0.2, -0.15) is 9.97 Å². The normalized spacial score (nSPS) is 20.3. The van der Waals surface area contributed by atoms with Gasteiger partial charge in [0.05, 0.1) is 16.6 Å². The van der Waals surface area contributed by atoms with E-state index >= 15 is 4.39 Å². The molecule has 4 aromatic rings. The Bertz CT molecular complexity index is 1930. The van der Waals surface area contributed by atoms with Gasteiger partial charge in [0.15, 0.2) is 5.82 Å². The average Bonchev–Trinajstić information content (AvgIpc) is 3.71. The first-order chi connectivity index (χ1) is 22.2. The summed E-state index contributed by atoms with van der Waals surface area (Å²) in [6, 6.07) is 5.53. The van der Waals surface area contributed by atoms with Crippen molar-refractivity contribution >= 4 is 33.5 Å². The maximum atomic E-state index is 16.9. The molecule has 7 rings (SSSR count). The predicted octanol–water partition coefficient (Wildman–Crippen LogP) is 4.45. The molecule has 3 aliphatic rings. The van der Waals surface area contributed by atoms with E-state index in [0.717, 1.165) is 25.8 Å². The molecule has 0 bridgehead atoms. The molecule has 0 spiro atoms. The van der Waals surface area contributed by atoms with Gasteiger partial charge in [-0.15, -0.1) is 6.42 Å². The van der Waals surface area contributed by atoms with Crippen molar-refractivity contribution in [1.29, 1.82) is 0 Å². The molecule has 0 saturated carbocycles. The molecule has 2 saturated heterocycles. The van der Waals surface area contributed by atoms with Gasteiger partial charge in [0.25, 0.3) is 0 Å². The zero-order valence-electron chi connectivity index (χ0n) is 26.0. The number of terminal acetylenes is 1. The van der Waals surface area contributed by atoms with Crippen LogP contribution in [0.1, 0.15) is 37.4 Å². The van der Waals surface area contributed by atoms with Crippen molar-refractivity contribution in [2.24, 2.45) is 0 Å². The van der Waals surface area contributed by atoms with Crippen LogP contribution in [0.15, 0.2) is 24.3 Å². The molecule has 2 aromatic carbocycles. The number of carbonyl (C=O) groups is 1. The molecule has 0 aliphatic carbocycles. The number of aromatic nitrogens is 3. The van der Waals surface area contributed by atoms with Crippen molar-refractivity contribution in [3.05, 3.63) is 47.2 Å². The number of benzene rings is 2. The van der Waals surface area contributed by atoms with Crippen LogP contribution in [0.5, 0.6) is 11.8 Å². The van der Waals surface area contributed by atoms with Crippen LogP contribution in [0.2, 0.25) is 0 Å². The van der Waals surface area contributed by atoms with E-state index < -0.39 is 11.6 Å². The molecule has 0 radical (unpaired) electrons. The second-order valence-corrected chi connectivity index (χ2v) is 12.3. The monoisotopic (exact) mass is 627 g/mol. The van der Waals surface area contributed by atoms with Gasteiger partial charge in [-0.3, -0.25) is 4.90 Å². The van der Waals surface area contributed by atoms with Gasteiger partial charge < -0.3 is 25.0 Å². The lowest BCUT2D eigenvalue weighted by atomic mass is 9.95. The van der Waals surface area contributed by atoms with E-state index in [2.05, 4.69) is 33.1 Å². The molecule has 238 valence electrons. The van der Waals surface area contributed by atoms with Crippen LogP contribution in [0, 0.1) is 24.0 Å². The second-order valence-electron chi connectivity index (χ2n) is 12.3. The van der Waals surface area contributed by atoms with E-state index in [9.17, 15) is 14.3 Å². The van der Waals surface area contributed by atoms with Gasteiger partial charge in [-0.1, -0.05) is 12.0 Å². The molecule has 46 heavy (non-hydrogen) atoms. The third kappa shape index (κ3) is 4.90. The first-order valence-corrected chi connectivity index (χ1v) is 15.6. The number of phenols is 1. The molecule has 3 atom stereocenters. The van der Waals surface area contributed by atoms with Crippen LogP contribution in [0.25, 0.3) is 32.9 Å². The summed E-state index contributed by atoms with van der Waals surface area (Å²) in [5.74, 6) is 1.38. The molecule has 2 amide bonds. The number of urea groups is 1. The SMILES string of the molecule is C#Cc1c(F)ccc2cc(O)cc(-c3nc4c5c(nc(O[C@@H](C)[C@@H]6CCCN6C)nc5c3F)N(C3CCN(C(=O)NC)C3)CC4)c12. The Labute approximate surface area is 265 Å². The average molecular weight is 628 g/mol. The van der Waals surface area contributed by atoms with E-state index in [0.29, 0.717) is 48.3 Å². The Hall–Kier alpha value is -4.76. The quantitative estimate of drug-likeness (QED) is 0.313. The standard InChI is InChI=1S/C34H35F2N7O3/c1-5-22-24(35)9-8-19-15-21(44)16-23(27(19)22)30-29(36)31-28-25(38-30)11-14-43(20-10-13-42(17-20)34(45)37-3)32(28)40-33(39-31)46-18(2)26-7-6-12-41(26)4/h1,8-9,15-16,18,20,26,44H,6-7,10-14,17H2,2-4H3,(H,37,45)/t18-,20?,26-/m0/s1. The molecular formula is C34H35F2N7O3. The third-order valence-electron chi connectivity index (χ3n) is 9.65. The minimum Gasteiger partial charge on any atom is -0.508 e. The summed E-state index contributed by atoms with van der Waals surface area (Å²) in [5, 5.41) is 14.5. The Kier molecular flexibility index (Phi) is 7.51. The topological polar surface area (TPSA) is 107 Å². The highest BCUT2D eigenvalue weighted by molar-refractivity contribution is 6.03. The largest absolute Gasteiger partial charge is 0.508 e. The van der Waals surface area contributed by atoms with E-state index in [1.54, 1.807) is 11.9 Å². The van der Waals surface area contributed by atoms with Gasteiger partial charge in [-0.25, -0.2) is 18.6 Å². The summed E-state index contributed by atoms with van der Waals surface area (Å²) in [7, 11) is 3.66. The van der Waals surface area contributed by atoms with Gasteiger partial charge in [-0.05, 0) is 63.4 Å². The maximum Gasteiger partial charge on any atom is 0.319 e. The number of likely N-dealkylation sites (N-methyl/N-ethyl adjacent to an activating group) is 1. The highest BCUT2D eigenvalue weighted by atomic mass is 19.1.